The fraction of sp³-hybridized carbons (Fsp3) is 0.0500. The number of hydrogen-bond acceptors (Lipinski definition) is 3. The predicted octanol–water partition coefficient (Wildman–Crippen LogP) is 2.78. The molecule has 0 atom stereocenters. The van der Waals surface area contributed by atoms with Gasteiger partial charge in [-0.05, 0) is 29.8 Å². The van der Waals surface area contributed by atoms with Crippen molar-refractivity contribution < 1.29 is 9.59 Å². The molecule has 1 aromatic heterocycles. The van der Waals surface area contributed by atoms with Gasteiger partial charge in [0.05, 0.1) is 5.69 Å². The Balaban J connectivity index is 1.74. The van der Waals surface area contributed by atoms with Crippen LogP contribution in [0, 0.1) is 0 Å². The van der Waals surface area contributed by atoms with Crippen molar-refractivity contribution in [2.75, 3.05) is 0 Å². The second-order valence-corrected chi connectivity index (χ2v) is 5.52. The van der Waals surface area contributed by atoms with Crippen LogP contribution in [0.25, 0.3) is 11.3 Å². The van der Waals surface area contributed by atoms with Crippen molar-refractivity contribution in [1.82, 2.24) is 10.3 Å². The molecule has 3 aromatic rings. The van der Waals surface area contributed by atoms with Gasteiger partial charge in [0.25, 0.3) is 5.91 Å². The van der Waals surface area contributed by atoms with E-state index in [0.29, 0.717) is 23.5 Å². The van der Waals surface area contributed by atoms with Crippen molar-refractivity contribution in [3.8, 4) is 11.3 Å². The van der Waals surface area contributed by atoms with E-state index in [4.69, 9.17) is 5.73 Å². The van der Waals surface area contributed by atoms with E-state index in [1.54, 1.807) is 36.4 Å². The van der Waals surface area contributed by atoms with E-state index in [-0.39, 0.29) is 5.91 Å². The van der Waals surface area contributed by atoms with Crippen molar-refractivity contribution in [2.24, 2.45) is 5.73 Å². The van der Waals surface area contributed by atoms with Gasteiger partial charge in [-0.25, -0.2) is 4.98 Å². The third kappa shape index (κ3) is 4.09. The standard InChI is InChI=1S/C20H17N3O2/c21-19(24)16-11-9-15(10-12-16)17-7-4-8-18(23-17)20(25)22-13-14-5-2-1-3-6-14/h1-12H,13H2,(H2,21,24)(H,22,25). The van der Waals surface area contributed by atoms with Crippen LogP contribution >= 0.6 is 0 Å². The zero-order valence-electron chi connectivity index (χ0n) is 13.5. The molecule has 3 rings (SSSR count). The van der Waals surface area contributed by atoms with Crippen LogP contribution < -0.4 is 11.1 Å². The Hall–Kier alpha value is -3.47. The van der Waals surface area contributed by atoms with E-state index in [9.17, 15) is 9.59 Å². The molecule has 3 N–H and O–H groups in total. The highest BCUT2D eigenvalue weighted by Crippen LogP contribution is 2.18. The van der Waals surface area contributed by atoms with E-state index in [0.717, 1.165) is 11.1 Å². The molecule has 0 bridgehead atoms. The number of nitrogens with two attached hydrogens (primary N) is 1. The normalized spacial score (nSPS) is 10.2. The minimum absolute atomic E-state index is 0.237. The molecule has 0 aliphatic carbocycles. The van der Waals surface area contributed by atoms with Crippen LogP contribution in [0.15, 0.2) is 72.8 Å². The van der Waals surface area contributed by atoms with Crippen LogP contribution in [0.3, 0.4) is 0 Å². The molecule has 25 heavy (non-hydrogen) atoms. The Morgan fingerprint density at radius 1 is 0.880 bits per heavy atom. The molecular weight excluding hydrogens is 314 g/mol. The molecule has 0 fully saturated rings. The van der Waals surface area contributed by atoms with Gasteiger partial charge in [0.15, 0.2) is 0 Å². The highest BCUT2D eigenvalue weighted by molar-refractivity contribution is 5.94. The predicted molar refractivity (Wildman–Crippen MR) is 95.8 cm³/mol. The minimum Gasteiger partial charge on any atom is -0.366 e. The zero-order chi connectivity index (χ0) is 17.6. The third-order valence-corrected chi connectivity index (χ3v) is 3.74. The number of nitrogens with zero attached hydrogens (tertiary/aromatic N) is 1. The maximum atomic E-state index is 12.3. The number of primary amides is 1. The fourth-order valence-corrected chi connectivity index (χ4v) is 2.40. The first-order valence-corrected chi connectivity index (χ1v) is 7.83. The van der Waals surface area contributed by atoms with E-state index in [1.165, 1.54) is 0 Å². The van der Waals surface area contributed by atoms with Crippen molar-refractivity contribution in [1.29, 1.82) is 0 Å². The summed E-state index contributed by atoms with van der Waals surface area (Å²) in [5.41, 5.74) is 8.50. The van der Waals surface area contributed by atoms with Crippen LogP contribution in [0.1, 0.15) is 26.4 Å². The number of nitrogens with one attached hydrogen (secondary N) is 1. The third-order valence-electron chi connectivity index (χ3n) is 3.74. The molecule has 0 unspecified atom stereocenters. The Kier molecular flexibility index (Phi) is 4.85. The van der Waals surface area contributed by atoms with Gasteiger partial charge in [0, 0.05) is 17.7 Å². The second-order valence-electron chi connectivity index (χ2n) is 5.52. The van der Waals surface area contributed by atoms with Gasteiger partial charge in [-0.2, -0.15) is 0 Å². The molecule has 1 heterocycles. The number of carbonyl (C=O) groups excluding carboxylic acids is 2. The van der Waals surface area contributed by atoms with Crippen molar-refractivity contribution in [2.45, 2.75) is 6.54 Å². The maximum absolute atomic E-state index is 12.3. The van der Waals surface area contributed by atoms with Gasteiger partial charge in [0.2, 0.25) is 5.91 Å². The van der Waals surface area contributed by atoms with Crippen molar-refractivity contribution in [3.05, 3.63) is 89.6 Å². The second kappa shape index (κ2) is 7.40. The summed E-state index contributed by atoms with van der Waals surface area (Å²) in [5.74, 6) is -0.715. The van der Waals surface area contributed by atoms with Crippen LogP contribution in [0.5, 0.6) is 0 Å². The van der Waals surface area contributed by atoms with E-state index in [2.05, 4.69) is 10.3 Å². The van der Waals surface area contributed by atoms with Gasteiger partial charge in [-0.1, -0.05) is 48.5 Å². The average molecular weight is 331 g/mol. The lowest BCUT2D eigenvalue weighted by Gasteiger charge is -2.07. The molecule has 0 radical (unpaired) electrons. The number of rotatable bonds is 5. The summed E-state index contributed by atoms with van der Waals surface area (Å²) in [6, 6.07) is 21.7. The summed E-state index contributed by atoms with van der Waals surface area (Å²) < 4.78 is 0. The number of amides is 2. The summed E-state index contributed by atoms with van der Waals surface area (Å²) in [6.45, 7) is 0.443. The highest BCUT2D eigenvalue weighted by Gasteiger charge is 2.09. The summed E-state index contributed by atoms with van der Waals surface area (Å²) in [7, 11) is 0. The van der Waals surface area contributed by atoms with E-state index < -0.39 is 5.91 Å². The molecule has 5 nitrogen and oxygen atoms in total. The molecule has 0 saturated heterocycles. The molecular formula is C20H17N3O2. The first-order valence-electron chi connectivity index (χ1n) is 7.83. The van der Waals surface area contributed by atoms with Crippen LogP contribution in [-0.4, -0.2) is 16.8 Å². The monoisotopic (exact) mass is 331 g/mol. The van der Waals surface area contributed by atoms with Crippen LogP contribution in [-0.2, 0) is 6.54 Å². The van der Waals surface area contributed by atoms with Crippen molar-refractivity contribution in [3.63, 3.8) is 0 Å². The number of hydrogen-bond donors (Lipinski definition) is 2. The largest absolute Gasteiger partial charge is 0.366 e. The Morgan fingerprint density at radius 2 is 1.60 bits per heavy atom. The summed E-state index contributed by atoms with van der Waals surface area (Å²) >= 11 is 0. The van der Waals surface area contributed by atoms with Gasteiger partial charge in [-0.15, -0.1) is 0 Å². The maximum Gasteiger partial charge on any atom is 0.270 e. The number of carbonyl (C=O) groups is 2. The summed E-state index contributed by atoms with van der Waals surface area (Å²) in [5, 5.41) is 2.86. The summed E-state index contributed by atoms with van der Waals surface area (Å²) in [4.78, 5) is 27.8. The lowest BCUT2D eigenvalue weighted by molar-refractivity contribution is 0.0945. The van der Waals surface area contributed by atoms with Crippen LogP contribution in [0.2, 0.25) is 0 Å². The quantitative estimate of drug-likeness (QED) is 0.754. The number of aromatic nitrogens is 1. The van der Waals surface area contributed by atoms with Gasteiger partial charge >= 0.3 is 0 Å². The zero-order valence-corrected chi connectivity index (χ0v) is 13.5. The van der Waals surface area contributed by atoms with Gasteiger partial charge in [-0.3, -0.25) is 9.59 Å². The number of benzene rings is 2. The van der Waals surface area contributed by atoms with Gasteiger partial charge < -0.3 is 11.1 Å². The van der Waals surface area contributed by atoms with E-state index >= 15 is 0 Å². The first-order chi connectivity index (χ1) is 12.1. The Bertz CT molecular complexity index is 890. The molecule has 0 saturated carbocycles. The molecule has 0 aliphatic heterocycles. The highest BCUT2D eigenvalue weighted by atomic mass is 16.2. The van der Waals surface area contributed by atoms with E-state index in [1.807, 2.05) is 36.4 Å². The summed E-state index contributed by atoms with van der Waals surface area (Å²) in [6.07, 6.45) is 0. The molecule has 5 heteroatoms. The first kappa shape index (κ1) is 16.4. The minimum atomic E-state index is -0.478. The average Bonchev–Trinajstić information content (AvgIpc) is 2.67. The Labute approximate surface area is 145 Å². The topological polar surface area (TPSA) is 85.1 Å². The molecule has 124 valence electrons. The Morgan fingerprint density at radius 3 is 2.28 bits per heavy atom. The smallest absolute Gasteiger partial charge is 0.270 e. The lowest BCUT2D eigenvalue weighted by atomic mass is 10.1. The van der Waals surface area contributed by atoms with Crippen LogP contribution in [0.4, 0.5) is 0 Å². The fourth-order valence-electron chi connectivity index (χ4n) is 2.40. The molecule has 0 spiro atoms. The number of pyridine rings is 1. The molecule has 2 aromatic carbocycles. The van der Waals surface area contributed by atoms with Gasteiger partial charge in [0.1, 0.15) is 5.69 Å². The SMILES string of the molecule is NC(=O)c1ccc(-c2cccc(C(=O)NCc3ccccc3)n2)cc1. The molecule has 2 amide bonds. The lowest BCUT2D eigenvalue weighted by Crippen LogP contribution is -2.23. The molecule has 0 aliphatic rings. The van der Waals surface area contributed by atoms with Crippen molar-refractivity contribution >= 4 is 11.8 Å².